The summed E-state index contributed by atoms with van der Waals surface area (Å²) in [5, 5.41) is 2.94. The molecule has 0 aromatic heterocycles. The molecule has 0 spiro atoms. The highest BCUT2D eigenvalue weighted by Gasteiger charge is 2.29. The standard InChI is InChI=1S/C16H23FN2O3S/c1-12(2)16(20)18-15-7-9-19(10-8-15)23(21,22)11-13-3-5-14(17)6-4-13/h3-6,12,15H,7-11H2,1-2H3,(H,18,20). The van der Waals surface area contributed by atoms with Crippen molar-refractivity contribution in [1.29, 1.82) is 0 Å². The maximum atomic E-state index is 12.9. The number of carbonyl (C=O) groups is 1. The first-order valence-corrected chi connectivity index (χ1v) is 9.41. The van der Waals surface area contributed by atoms with E-state index >= 15 is 0 Å². The van der Waals surface area contributed by atoms with Crippen LogP contribution in [0.25, 0.3) is 0 Å². The van der Waals surface area contributed by atoms with Gasteiger partial charge in [0.1, 0.15) is 5.82 Å². The summed E-state index contributed by atoms with van der Waals surface area (Å²) in [4.78, 5) is 11.7. The predicted molar refractivity (Wildman–Crippen MR) is 86.6 cm³/mol. The van der Waals surface area contributed by atoms with Gasteiger partial charge in [-0.1, -0.05) is 26.0 Å². The van der Waals surface area contributed by atoms with Gasteiger partial charge >= 0.3 is 0 Å². The molecule has 1 heterocycles. The zero-order chi connectivity index (χ0) is 17.0. The Bertz CT molecular complexity index is 636. The van der Waals surface area contributed by atoms with Crippen LogP contribution in [0.4, 0.5) is 4.39 Å². The molecule has 0 radical (unpaired) electrons. The third-order valence-electron chi connectivity index (χ3n) is 3.98. The summed E-state index contributed by atoms with van der Waals surface area (Å²) in [6.07, 6.45) is 1.22. The van der Waals surface area contributed by atoms with E-state index in [0.29, 0.717) is 31.5 Å². The monoisotopic (exact) mass is 342 g/mol. The van der Waals surface area contributed by atoms with Crippen molar-refractivity contribution >= 4 is 15.9 Å². The Morgan fingerprint density at radius 3 is 2.35 bits per heavy atom. The molecule has 5 nitrogen and oxygen atoms in total. The summed E-state index contributed by atoms with van der Waals surface area (Å²) >= 11 is 0. The normalized spacial score (nSPS) is 17.4. The number of carbonyl (C=O) groups excluding carboxylic acids is 1. The predicted octanol–water partition coefficient (Wildman–Crippen LogP) is 1.89. The van der Waals surface area contributed by atoms with Gasteiger partial charge in [0.15, 0.2) is 0 Å². The Morgan fingerprint density at radius 1 is 1.26 bits per heavy atom. The fourth-order valence-corrected chi connectivity index (χ4v) is 4.09. The number of nitrogens with one attached hydrogen (secondary N) is 1. The van der Waals surface area contributed by atoms with Crippen molar-refractivity contribution < 1.29 is 17.6 Å². The minimum Gasteiger partial charge on any atom is -0.353 e. The quantitative estimate of drug-likeness (QED) is 0.889. The van der Waals surface area contributed by atoms with E-state index in [1.165, 1.54) is 28.6 Å². The average molecular weight is 342 g/mol. The van der Waals surface area contributed by atoms with Crippen molar-refractivity contribution in [3.05, 3.63) is 35.6 Å². The number of piperidine rings is 1. The zero-order valence-electron chi connectivity index (χ0n) is 13.5. The molecule has 2 rings (SSSR count). The van der Waals surface area contributed by atoms with Crippen LogP contribution in [0.2, 0.25) is 0 Å². The van der Waals surface area contributed by atoms with Crippen LogP contribution in [0.15, 0.2) is 24.3 Å². The molecule has 0 aliphatic carbocycles. The van der Waals surface area contributed by atoms with Gasteiger partial charge in [-0.2, -0.15) is 0 Å². The maximum absolute atomic E-state index is 12.9. The van der Waals surface area contributed by atoms with Crippen molar-refractivity contribution in [1.82, 2.24) is 9.62 Å². The smallest absolute Gasteiger partial charge is 0.222 e. The highest BCUT2D eigenvalue weighted by molar-refractivity contribution is 7.88. The zero-order valence-corrected chi connectivity index (χ0v) is 14.3. The molecule has 0 bridgehead atoms. The first-order valence-electron chi connectivity index (χ1n) is 7.80. The van der Waals surface area contributed by atoms with E-state index in [2.05, 4.69) is 5.32 Å². The van der Waals surface area contributed by atoms with E-state index < -0.39 is 10.0 Å². The molecule has 0 atom stereocenters. The van der Waals surface area contributed by atoms with Crippen LogP contribution in [0.5, 0.6) is 0 Å². The van der Waals surface area contributed by atoms with Crippen LogP contribution in [0.1, 0.15) is 32.3 Å². The first-order chi connectivity index (χ1) is 10.8. The van der Waals surface area contributed by atoms with Gasteiger partial charge in [0.2, 0.25) is 15.9 Å². The van der Waals surface area contributed by atoms with Gasteiger partial charge in [-0.05, 0) is 30.5 Å². The Labute approximate surface area is 136 Å². The molecule has 1 aromatic rings. The summed E-state index contributed by atoms with van der Waals surface area (Å²) in [6, 6.07) is 5.53. The second-order valence-electron chi connectivity index (χ2n) is 6.22. The van der Waals surface area contributed by atoms with Crippen molar-refractivity contribution in [3.8, 4) is 0 Å². The van der Waals surface area contributed by atoms with Gasteiger partial charge in [0.05, 0.1) is 5.75 Å². The second-order valence-corrected chi connectivity index (χ2v) is 8.19. The number of rotatable bonds is 5. The minimum atomic E-state index is -3.42. The minimum absolute atomic E-state index is 0.00220. The van der Waals surface area contributed by atoms with Crippen molar-refractivity contribution in [2.45, 2.75) is 38.5 Å². The number of amides is 1. The van der Waals surface area contributed by atoms with E-state index in [9.17, 15) is 17.6 Å². The second kappa shape index (κ2) is 7.40. The number of benzene rings is 1. The molecule has 0 saturated carbocycles. The molecular formula is C16H23FN2O3S. The summed E-state index contributed by atoms with van der Waals surface area (Å²) in [7, 11) is -3.42. The van der Waals surface area contributed by atoms with E-state index in [1.54, 1.807) is 0 Å². The molecule has 1 amide bonds. The average Bonchev–Trinajstić information content (AvgIpc) is 2.50. The van der Waals surface area contributed by atoms with E-state index in [1.807, 2.05) is 13.8 Å². The Morgan fingerprint density at radius 2 is 1.83 bits per heavy atom. The molecule has 23 heavy (non-hydrogen) atoms. The molecule has 0 unspecified atom stereocenters. The fourth-order valence-electron chi connectivity index (χ4n) is 2.53. The molecule has 1 aliphatic rings. The number of nitrogens with zero attached hydrogens (tertiary/aromatic N) is 1. The number of sulfonamides is 1. The molecule has 1 saturated heterocycles. The fraction of sp³-hybridized carbons (Fsp3) is 0.562. The van der Waals surface area contributed by atoms with E-state index in [-0.39, 0.29) is 29.4 Å². The van der Waals surface area contributed by atoms with Crippen LogP contribution >= 0.6 is 0 Å². The Balaban J connectivity index is 1.90. The van der Waals surface area contributed by atoms with Crippen molar-refractivity contribution in [2.24, 2.45) is 5.92 Å². The summed E-state index contributed by atoms with van der Waals surface area (Å²) < 4.78 is 39.2. The molecule has 1 aliphatic heterocycles. The number of halogens is 1. The van der Waals surface area contributed by atoms with Crippen LogP contribution in [-0.2, 0) is 20.6 Å². The molecule has 1 aromatic carbocycles. The summed E-state index contributed by atoms with van der Waals surface area (Å²) in [6.45, 7) is 4.45. The Hall–Kier alpha value is -1.47. The number of hydrogen-bond acceptors (Lipinski definition) is 3. The highest BCUT2D eigenvalue weighted by Crippen LogP contribution is 2.18. The van der Waals surface area contributed by atoms with Crippen molar-refractivity contribution in [3.63, 3.8) is 0 Å². The van der Waals surface area contributed by atoms with Crippen LogP contribution in [-0.4, -0.2) is 37.8 Å². The lowest BCUT2D eigenvalue weighted by Gasteiger charge is -2.32. The van der Waals surface area contributed by atoms with Crippen LogP contribution in [0.3, 0.4) is 0 Å². The van der Waals surface area contributed by atoms with E-state index in [0.717, 1.165) is 0 Å². The van der Waals surface area contributed by atoms with Crippen LogP contribution in [0, 0.1) is 11.7 Å². The van der Waals surface area contributed by atoms with Gasteiger partial charge in [-0.3, -0.25) is 4.79 Å². The number of hydrogen-bond donors (Lipinski definition) is 1. The highest BCUT2D eigenvalue weighted by atomic mass is 32.2. The molecule has 7 heteroatoms. The molecule has 1 N–H and O–H groups in total. The van der Waals surface area contributed by atoms with Gasteiger partial charge in [0.25, 0.3) is 0 Å². The summed E-state index contributed by atoms with van der Waals surface area (Å²) in [5.74, 6) is -0.586. The maximum Gasteiger partial charge on any atom is 0.222 e. The van der Waals surface area contributed by atoms with Gasteiger partial charge < -0.3 is 5.32 Å². The SMILES string of the molecule is CC(C)C(=O)NC1CCN(S(=O)(=O)Cc2ccc(F)cc2)CC1. The van der Waals surface area contributed by atoms with Gasteiger partial charge in [-0.25, -0.2) is 17.1 Å². The Kier molecular flexibility index (Phi) is 5.75. The third-order valence-corrected chi connectivity index (χ3v) is 5.83. The summed E-state index contributed by atoms with van der Waals surface area (Å²) in [5.41, 5.74) is 0.571. The topological polar surface area (TPSA) is 66.5 Å². The molecular weight excluding hydrogens is 319 g/mol. The van der Waals surface area contributed by atoms with Gasteiger partial charge in [0, 0.05) is 25.0 Å². The largest absolute Gasteiger partial charge is 0.353 e. The molecule has 1 fully saturated rings. The van der Waals surface area contributed by atoms with Crippen LogP contribution < -0.4 is 5.32 Å². The van der Waals surface area contributed by atoms with Crippen molar-refractivity contribution in [2.75, 3.05) is 13.1 Å². The van der Waals surface area contributed by atoms with E-state index in [4.69, 9.17) is 0 Å². The lowest BCUT2D eigenvalue weighted by atomic mass is 10.1. The lowest BCUT2D eigenvalue weighted by Crippen LogP contribution is -2.47. The van der Waals surface area contributed by atoms with Gasteiger partial charge in [-0.15, -0.1) is 0 Å². The molecule has 128 valence electrons. The first kappa shape index (κ1) is 17.9. The third kappa shape index (κ3) is 5.00. The lowest BCUT2D eigenvalue weighted by molar-refractivity contribution is -0.124.